The number of rotatable bonds is 3. The first-order chi connectivity index (χ1) is 7.47. The van der Waals surface area contributed by atoms with Crippen LogP contribution in [0, 0.1) is 5.92 Å². The molecule has 0 N–H and O–H groups in total. The first-order valence-electron chi connectivity index (χ1n) is 6.05. The molecule has 1 aromatic rings. The van der Waals surface area contributed by atoms with Crippen LogP contribution in [0.1, 0.15) is 17.9 Å². The zero-order valence-corrected chi connectivity index (χ0v) is 11.4. The van der Waals surface area contributed by atoms with E-state index in [9.17, 15) is 4.79 Å². The van der Waals surface area contributed by atoms with Gasteiger partial charge in [-0.25, -0.2) is 0 Å². The highest BCUT2D eigenvalue weighted by Gasteiger charge is 2.42. The Hall–Kier alpha value is -0.893. The predicted octanol–water partition coefficient (Wildman–Crippen LogP) is 3.70. The van der Waals surface area contributed by atoms with Gasteiger partial charge in [-0.05, 0) is 11.5 Å². The first kappa shape index (κ1) is 11.6. The van der Waals surface area contributed by atoms with Gasteiger partial charge >= 0.3 is 0 Å². The number of benzene rings is 1. The van der Waals surface area contributed by atoms with Crippen molar-refractivity contribution in [2.24, 2.45) is 5.92 Å². The molecule has 0 bridgehead atoms. The summed E-state index contributed by atoms with van der Waals surface area (Å²) < 4.78 is 0. The molecule has 2 heteroatoms. The van der Waals surface area contributed by atoms with Gasteiger partial charge in [0, 0.05) is 20.4 Å². The lowest BCUT2D eigenvalue weighted by Gasteiger charge is -2.38. The second-order valence-electron chi connectivity index (χ2n) is 6.08. The van der Waals surface area contributed by atoms with Gasteiger partial charge in [-0.3, -0.25) is 4.79 Å². The fourth-order valence-corrected chi connectivity index (χ4v) is 4.65. The molecule has 1 nitrogen and oxygen atoms in total. The highest BCUT2D eigenvalue weighted by molar-refractivity contribution is 6.76. The van der Waals surface area contributed by atoms with Crippen LogP contribution in [-0.4, -0.2) is 13.9 Å². The summed E-state index contributed by atoms with van der Waals surface area (Å²) in [6, 6.07) is 11.6. The van der Waals surface area contributed by atoms with Gasteiger partial charge in [0.1, 0.15) is 5.78 Å². The first-order valence-corrected chi connectivity index (χ1v) is 9.76. The fraction of sp³-hybridized carbons (Fsp3) is 0.500. The summed E-state index contributed by atoms with van der Waals surface area (Å²) in [5, 5.41) is 0. The van der Waals surface area contributed by atoms with Crippen LogP contribution in [0.15, 0.2) is 30.3 Å². The molecule has 0 aliphatic heterocycles. The molecule has 0 radical (unpaired) electrons. The molecule has 0 saturated heterocycles. The van der Waals surface area contributed by atoms with E-state index < -0.39 is 8.07 Å². The second-order valence-corrected chi connectivity index (χ2v) is 11.6. The third kappa shape index (κ3) is 2.43. The van der Waals surface area contributed by atoms with Gasteiger partial charge in [-0.2, -0.15) is 0 Å². The lowest BCUT2D eigenvalue weighted by Crippen LogP contribution is -2.39. The van der Waals surface area contributed by atoms with Crippen LogP contribution in [0.25, 0.3) is 0 Å². The van der Waals surface area contributed by atoms with E-state index in [0.29, 0.717) is 11.7 Å². The van der Waals surface area contributed by atoms with E-state index in [-0.39, 0.29) is 5.92 Å². The molecular weight excluding hydrogens is 212 g/mol. The minimum Gasteiger partial charge on any atom is -0.299 e. The van der Waals surface area contributed by atoms with Gasteiger partial charge in [0.05, 0.1) is 0 Å². The SMILES string of the molecule is C[Si](C)(C)C[C@@H]1CC(=O)[C@H]1c1ccccc1. The zero-order valence-electron chi connectivity index (χ0n) is 10.4. The van der Waals surface area contributed by atoms with Crippen LogP contribution in [0.5, 0.6) is 0 Å². The van der Waals surface area contributed by atoms with E-state index in [4.69, 9.17) is 0 Å². The molecule has 1 saturated carbocycles. The van der Waals surface area contributed by atoms with Gasteiger partial charge in [0.25, 0.3) is 0 Å². The van der Waals surface area contributed by atoms with E-state index in [2.05, 4.69) is 31.8 Å². The van der Waals surface area contributed by atoms with Gasteiger partial charge in [-0.15, -0.1) is 0 Å². The average molecular weight is 232 g/mol. The normalized spacial score (nSPS) is 25.3. The zero-order chi connectivity index (χ0) is 11.8. The molecule has 1 aliphatic carbocycles. The van der Waals surface area contributed by atoms with Crippen molar-refractivity contribution in [1.82, 2.24) is 0 Å². The molecule has 0 aromatic heterocycles. The number of hydrogen-bond acceptors (Lipinski definition) is 1. The number of hydrogen-bond donors (Lipinski definition) is 0. The lowest BCUT2D eigenvalue weighted by molar-refractivity contribution is -0.129. The predicted molar refractivity (Wildman–Crippen MR) is 70.5 cm³/mol. The Bertz CT molecular complexity index is 377. The second kappa shape index (κ2) is 4.17. The van der Waals surface area contributed by atoms with Crippen molar-refractivity contribution in [2.75, 3.05) is 0 Å². The Labute approximate surface area is 98.9 Å². The molecule has 1 aliphatic rings. The highest BCUT2D eigenvalue weighted by atomic mass is 28.3. The molecular formula is C14H20OSi. The summed E-state index contributed by atoms with van der Waals surface area (Å²) in [6.07, 6.45) is 0.809. The summed E-state index contributed by atoms with van der Waals surface area (Å²) in [5.74, 6) is 1.25. The summed E-state index contributed by atoms with van der Waals surface area (Å²) in [6.45, 7) is 7.16. The van der Waals surface area contributed by atoms with Crippen LogP contribution in [0.3, 0.4) is 0 Å². The minimum absolute atomic E-state index is 0.202. The van der Waals surface area contributed by atoms with Crippen molar-refractivity contribution in [3.05, 3.63) is 35.9 Å². The Morgan fingerprint density at radius 3 is 2.31 bits per heavy atom. The molecule has 86 valence electrons. The van der Waals surface area contributed by atoms with Gasteiger partial charge in [-0.1, -0.05) is 56.0 Å². The Kier molecular flexibility index (Phi) is 3.02. The number of carbonyl (C=O) groups excluding carboxylic acids is 1. The van der Waals surface area contributed by atoms with Crippen molar-refractivity contribution >= 4 is 13.9 Å². The molecule has 2 atom stereocenters. The van der Waals surface area contributed by atoms with E-state index in [1.807, 2.05) is 18.2 Å². The maximum absolute atomic E-state index is 11.7. The van der Waals surface area contributed by atoms with Crippen molar-refractivity contribution in [3.63, 3.8) is 0 Å². The summed E-state index contributed by atoms with van der Waals surface area (Å²) in [4.78, 5) is 11.7. The minimum atomic E-state index is -1.05. The van der Waals surface area contributed by atoms with Gasteiger partial charge < -0.3 is 0 Å². The van der Waals surface area contributed by atoms with Crippen molar-refractivity contribution in [3.8, 4) is 0 Å². The number of Topliss-reactive ketones (excluding diaryl/α,β-unsaturated/α-hetero) is 1. The van der Waals surface area contributed by atoms with Gasteiger partial charge in [0.15, 0.2) is 0 Å². The molecule has 1 aromatic carbocycles. The topological polar surface area (TPSA) is 17.1 Å². The number of ketones is 1. The maximum Gasteiger partial charge on any atom is 0.140 e. The Balaban J connectivity index is 2.12. The Morgan fingerprint density at radius 1 is 1.19 bits per heavy atom. The third-order valence-electron chi connectivity index (χ3n) is 3.31. The third-order valence-corrected chi connectivity index (χ3v) is 5.06. The standard InChI is InChI=1S/C14H20OSi/c1-16(2,3)10-12-9-13(15)14(12)11-7-5-4-6-8-11/h4-8,12,14H,9-10H2,1-3H3/t12-,14-/m0/s1. The molecule has 0 spiro atoms. The number of carbonyl (C=O) groups is 1. The maximum atomic E-state index is 11.7. The van der Waals surface area contributed by atoms with Crippen molar-refractivity contribution < 1.29 is 4.79 Å². The van der Waals surface area contributed by atoms with E-state index in [0.717, 1.165) is 6.42 Å². The largest absolute Gasteiger partial charge is 0.299 e. The molecule has 16 heavy (non-hydrogen) atoms. The van der Waals surface area contributed by atoms with Crippen LogP contribution < -0.4 is 0 Å². The van der Waals surface area contributed by atoms with E-state index >= 15 is 0 Å². The fourth-order valence-electron chi connectivity index (χ4n) is 2.70. The Morgan fingerprint density at radius 2 is 1.81 bits per heavy atom. The lowest BCUT2D eigenvalue weighted by atomic mass is 9.70. The molecule has 0 amide bonds. The summed E-state index contributed by atoms with van der Waals surface area (Å²) in [5.41, 5.74) is 1.22. The van der Waals surface area contributed by atoms with Crippen LogP contribution in [-0.2, 0) is 4.79 Å². The molecule has 1 fully saturated rings. The molecule has 0 unspecified atom stereocenters. The van der Waals surface area contributed by atoms with Gasteiger partial charge in [0.2, 0.25) is 0 Å². The van der Waals surface area contributed by atoms with Crippen molar-refractivity contribution in [1.29, 1.82) is 0 Å². The molecule has 2 rings (SSSR count). The highest BCUT2D eigenvalue weighted by Crippen LogP contribution is 2.43. The van der Waals surface area contributed by atoms with Crippen LogP contribution in [0.2, 0.25) is 25.7 Å². The smallest absolute Gasteiger partial charge is 0.140 e. The van der Waals surface area contributed by atoms with Crippen LogP contribution >= 0.6 is 0 Å². The van der Waals surface area contributed by atoms with E-state index in [1.54, 1.807) is 0 Å². The van der Waals surface area contributed by atoms with Crippen LogP contribution in [0.4, 0.5) is 0 Å². The quantitative estimate of drug-likeness (QED) is 0.726. The van der Waals surface area contributed by atoms with E-state index in [1.165, 1.54) is 11.6 Å². The van der Waals surface area contributed by atoms with Crippen molar-refractivity contribution in [2.45, 2.75) is 38.0 Å². The monoisotopic (exact) mass is 232 g/mol. The summed E-state index contributed by atoms with van der Waals surface area (Å²) >= 11 is 0. The summed E-state index contributed by atoms with van der Waals surface area (Å²) in [7, 11) is -1.05. The average Bonchev–Trinajstić information content (AvgIpc) is 2.16. The molecule has 0 heterocycles.